The van der Waals surface area contributed by atoms with Gasteiger partial charge in [0.15, 0.2) is 0 Å². The van der Waals surface area contributed by atoms with Crippen LogP contribution in [0.3, 0.4) is 0 Å². The minimum atomic E-state index is 0.393. The van der Waals surface area contributed by atoms with Crippen molar-refractivity contribution in [3.63, 3.8) is 0 Å². The molecule has 0 bridgehead atoms. The fourth-order valence-corrected chi connectivity index (χ4v) is 3.01. The van der Waals surface area contributed by atoms with Gasteiger partial charge < -0.3 is 16.0 Å². The molecule has 0 fully saturated rings. The van der Waals surface area contributed by atoms with Crippen LogP contribution in [0.15, 0.2) is 54.6 Å². The first-order chi connectivity index (χ1) is 13.0. The second kappa shape index (κ2) is 6.60. The number of rotatable bonds is 4. The van der Waals surface area contributed by atoms with E-state index in [-0.39, 0.29) is 0 Å². The fourth-order valence-electron chi connectivity index (χ4n) is 3.01. The van der Waals surface area contributed by atoms with E-state index in [9.17, 15) is 0 Å². The summed E-state index contributed by atoms with van der Waals surface area (Å²) < 4.78 is 1.91. The van der Waals surface area contributed by atoms with Crippen molar-refractivity contribution in [3.05, 3.63) is 60.4 Å². The van der Waals surface area contributed by atoms with Gasteiger partial charge in [0.2, 0.25) is 5.95 Å². The first kappa shape index (κ1) is 16.8. The highest BCUT2D eigenvalue weighted by Gasteiger charge is 2.13. The van der Waals surface area contributed by atoms with E-state index in [1.165, 1.54) is 0 Å². The Morgan fingerprint density at radius 3 is 2.44 bits per heavy atom. The fraction of sp³-hybridized carbons (Fsp3) is 0.150. The van der Waals surface area contributed by atoms with Crippen LogP contribution in [-0.2, 0) is 0 Å². The molecule has 0 atom stereocenters. The van der Waals surface area contributed by atoms with E-state index < -0.39 is 0 Å². The zero-order valence-corrected chi connectivity index (χ0v) is 15.5. The molecule has 0 aliphatic carbocycles. The number of nitrogen functional groups attached to an aromatic ring is 1. The molecule has 7 nitrogen and oxygen atoms in total. The minimum absolute atomic E-state index is 0.393. The summed E-state index contributed by atoms with van der Waals surface area (Å²) in [4.78, 5) is 15.7. The van der Waals surface area contributed by atoms with Crippen molar-refractivity contribution in [2.45, 2.75) is 6.92 Å². The Kier molecular flexibility index (Phi) is 4.12. The summed E-state index contributed by atoms with van der Waals surface area (Å²) in [6.07, 6.45) is 0. The molecule has 4 rings (SSSR count). The average molecular weight is 359 g/mol. The Morgan fingerprint density at radius 1 is 0.963 bits per heavy atom. The lowest BCUT2D eigenvalue weighted by Crippen LogP contribution is -2.09. The molecule has 136 valence electrons. The third-order valence-corrected chi connectivity index (χ3v) is 4.32. The Bertz CT molecular complexity index is 1100. The lowest BCUT2D eigenvalue weighted by Gasteiger charge is -2.14. The molecule has 2 aromatic heterocycles. The third kappa shape index (κ3) is 3.27. The van der Waals surface area contributed by atoms with Gasteiger partial charge in [-0.25, -0.2) is 4.98 Å². The molecule has 0 amide bonds. The molecule has 0 aliphatic rings. The van der Waals surface area contributed by atoms with Crippen LogP contribution in [0.25, 0.3) is 17.0 Å². The summed E-state index contributed by atoms with van der Waals surface area (Å²) in [5.41, 5.74) is 9.95. The van der Waals surface area contributed by atoms with Gasteiger partial charge in [0.05, 0.1) is 11.0 Å². The first-order valence-corrected chi connectivity index (χ1v) is 8.65. The van der Waals surface area contributed by atoms with Crippen LogP contribution in [0.1, 0.15) is 5.82 Å². The Morgan fingerprint density at radius 2 is 1.70 bits per heavy atom. The SMILES string of the molecule is Cc1nc2ccccc2n1-c1nc(N)cc(Nc2ccc(N(C)C)cc2)n1. The number of fused-ring (bicyclic) bond motifs is 1. The predicted molar refractivity (Wildman–Crippen MR) is 110 cm³/mol. The van der Waals surface area contributed by atoms with Gasteiger partial charge in [0.25, 0.3) is 0 Å². The van der Waals surface area contributed by atoms with Gasteiger partial charge in [0.1, 0.15) is 17.5 Å². The van der Waals surface area contributed by atoms with E-state index in [2.05, 4.69) is 25.2 Å². The van der Waals surface area contributed by atoms with Gasteiger partial charge in [-0.1, -0.05) is 12.1 Å². The standard InChI is InChI=1S/C20H21N7/c1-13-22-16-6-4-5-7-17(16)27(13)20-24-18(21)12-19(25-20)23-14-8-10-15(11-9-14)26(2)3/h4-12H,1-3H3,(H3,21,23,24,25). The van der Waals surface area contributed by atoms with Crippen LogP contribution in [-0.4, -0.2) is 33.6 Å². The summed E-state index contributed by atoms with van der Waals surface area (Å²) in [5, 5.41) is 3.30. The number of anilines is 4. The van der Waals surface area contributed by atoms with Crippen LogP contribution in [0.5, 0.6) is 0 Å². The molecule has 0 unspecified atom stereocenters. The van der Waals surface area contributed by atoms with E-state index in [0.717, 1.165) is 28.2 Å². The van der Waals surface area contributed by atoms with Crippen LogP contribution in [0.2, 0.25) is 0 Å². The number of benzene rings is 2. The Hall–Kier alpha value is -3.61. The van der Waals surface area contributed by atoms with Crippen molar-refractivity contribution in [2.24, 2.45) is 0 Å². The molecule has 0 saturated carbocycles. The van der Waals surface area contributed by atoms with Gasteiger partial charge >= 0.3 is 0 Å². The minimum Gasteiger partial charge on any atom is -0.383 e. The van der Waals surface area contributed by atoms with E-state index in [1.54, 1.807) is 6.07 Å². The van der Waals surface area contributed by atoms with Crippen molar-refractivity contribution < 1.29 is 0 Å². The quantitative estimate of drug-likeness (QED) is 0.580. The molecule has 0 saturated heterocycles. The number of nitrogens with two attached hydrogens (primary N) is 1. The molecule has 2 heterocycles. The molecule has 3 N–H and O–H groups in total. The molecular formula is C20H21N7. The van der Waals surface area contributed by atoms with Gasteiger partial charge in [0, 0.05) is 31.5 Å². The van der Waals surface area contributed by atoms with E-state index in [4.69, 9.17) is 5.73 Å². The summed E-state index contributed by atoms with van der Waals surface area (Å²) in [5.74, 6) is 2.33. The van der Waals surface area contributed by atoms with Crippen molar-refractivity contribution in [3.8, 4) is 5.95 Å². The molecular weight excluding hydrogens is 338 g/mol. The summed E-state index contributed by atoms with van der Waals surface area (Å²) in [6.45, 7) is 1.93. The number of hydrogen-bond donors (Lipinski definition) is 2. The highest BCUT2D eigenvalue weighted by atomic mass is 15.2. The highest BCUT2D eigenvalue weighted by Crippen LogP contribution is 2.23. The van der Waals surface area contributed by atoms with Crippen LogP contribution in [0, 0.1) is 6.92 Å². The van der Waals surface area contributed by atoms with Crippen molar-refractivity contribution in [2.75, 3.05) is 30.0 Å². The zero-order valence-electron chi connectivity index (χ0n) is 15.5. The largest absolute Gasteiger partial charge is 0.383 e. The Balaban J connectivity index is 1.72. The average Bonchev–Trinajstić information content (AvgIpc) is 2.97. The lowest BCUT2D eigenvalue weighted by atomic mass is 10.2. The van der Waals surface area contributed by atoms with Crippen molar-refractivity contribution in [1.29, 1.82) is 0 Å². The topological polar surface area (TPSA) is 84.9 Å². The van der Waals surface area contributed by atoms with Crippen molar-refractivity contribution in [1.82, 2.24) is 19.5 Å². The summed E-state index contributed by atoms with van der Waals surface area (Å²) >= 11 is 0. The maximum Gasteiger partial charge on any atom is 0.239 e. The maximum absolute atomic E-state index is 6.05. The number of para-hydroxylation sites is 2. The molecule has 0 spiro atoms. The second-order valence-corrected chi connectivity index (χ2v) is 6.53. The molecule has 0 aliphatic heterocycles. The van der Waals surface area contributed by atoms with E-state index in [1.807, 2.05) is 74.1 Å². The zero-order chi connectivity index (χ0) is 19.0. The smallest absolute Gasteiger partial charge is 0.239 e. The Labute approximate surface area is 157 Å². The predicted octanol–water partition coefficient (Wildman–Crippen LogP) is 3.52. The van der Waals surface area contributed by atoms with Gasteiger partial charge in [-0.3, -0.25) is 4.57 Å². The van der Waals surface area contributed by atoms with Crippen LogP contribution in [0.4, 0.5) is 23.0 Å². The maximum atomic E-state index is 6.05. The van der Waals surface area contributed by atoms with Gasteiger partial charge in [-0.2, -0.15) is 9.97 Å². The number of nitrogens with one attached hydrogen (secondary N) is 1. The third-order valence-electron chi connectivity index (χ3n) is 4.32. The number of nitrogens with zero attached hydrogens (tertiary/aromatic N) is 5. The van der Waals surface area contributed by atoms with Gasteiger partial charge in [-0.15, -0.1) is 0 Å². The molecule has 27 heavy (non-hydrogen) atoms. The van der Waals surface area contributed by atoms with Gasteiger partial charge in [-0.05, 0) is 43.3 Å². The van der Waals surface area contributed by atoms with E-state index >= 15 is 0 Å². The second-order valence-electron chi connectivity index (χ2n) is 6.53. The highest BCUT2D eigenvalue weighted by molar-refractivity contribution is 5.77. The van der Waals surface area contributed by atoms with Crippen LogP contribution < -0.4 is 16.0 Å². The van der Waals surface area contributed by atoms with Crippen molar-refractivity contribution >= 4 is 34.0 Å². The molecule has 0 radical (unpaired) electrons. The number of hydrogen-bond acceptors (Lipinski definition) is 6. The lowest BCUT2D eigenvalue weighted by molar-refractivity contribution is 0.910. The number of aromatic nitrogens is 4. The number of aryl methyl sites for hydroxylation is 1. The monoisotopic (exact) mass is 359 g/mol. The molecule has 2 aromatic carbocycles. The summed E-state index contributed by atoms with van der Waals surface area (Å²) in [6, 6.07) is 17.7. The molecule has 7 heteroatoms. The van der Waals surface area contributed by atoms with E-state index in [0.29, 0.717) is 17.6 Å². The van der Waals surface area contributed by atoms with Crippen LogP contribution >= 0.6 is 0 Å². The summed E-state index contributed by atoms with van der Waals surface area (Å²) in [7, 11) is 4.02. The molecule has 4 aromatic rings. The first-order valence-electron chi connectivity index (χ1n) is 8.65. The normalized spacial score (nSPS) is 10.9. The number of imidazole rings is 1.